The minimum absolute atomic E-state index is 0.0827. The number of carbonyl (C=O) groups excluding carboxylic acids is 2. The molecule has 2 aromatic carbocycles. The molecule has 0 spiro atoms. The molecule has 0 atom stereocenters. The lowest BCUT2D eigenvalue weighted by atomic mass is 10.1. The normalized spacial score (nSPS) is 10.7. The number of nitro benzene ring substituents is 1. The van der Waals surface area contributed by atoms with Crippen LogP contribution < -0.4 is 10.2 Å². The zero-order valence-electron chi connectivity index (χ0n) is 19.6. The van der Waals surface area contributed by atoms with E-state index in [4.69, 9.17) is 4.42 Å². The first kappa shape index (κ1) is 24.5. The van der Waals surface area contributed by atoms with Crippen molar-refractivity contribution in [3.05, 3.63) is 87.9 Å². The zero-order chi connectivity index (χ0) is 24.8. The molecule has 178 valence electrons. The van der Waals surface area contributed by atoms with Gasteiger partial charge in [-0.25, -0.2) is 0 Å². The number of non-ortho nitro benzene ring substituents is 1. The molecule has 3 aromatic rings. The molecule has 9 nitrogen and oxygen atoms in total. The molecule has 3 rings (SSSR count). The van der Waals surface area contributed by atoms with Crippen LogP contribution in [0.1, 0.15) is 40.3 Å². The van der Waals surface area contributed by atoms with Crippen molar-refractivity contribution < 1.29 is 18.9 Å². The maximum Gasteiger partial charge on any atom is 0.289 e. The van der Waals surface area contributed by atoms with Crippen molar-refractivity contribution in [1.29, 1.82) is 0 Å². The van der Waals surface area contributed by atoms with Gasteiger partial charge in [-0.1, -0.05) is 13.8 Å². The summed E-state index contributed by atoms with van der Waals surface area (Å²) < 4.78 is 5.32. The lowest BCUT2D eigenvalue weighted by molar-refractivity contribution is -0.384. The van der Waals surface area contributed by atoms with E-state index in [9.17, 15) is 19.7 Å². The van der Waals surface area contributed by atoms with Crippen LogP contribution in [0.5, 0.6) is 0 Å². The molecule has 0 aliphatic heterocycles. The Hall–Kier alpha value is -4.14. The molecule has 0 aliphatic carbocycles. The predicted molar refractivity (Wildman–Crippen MR) is 130 cm³/mol. The van der Waals surface area contributed by atoms with E-state index in [-0.39, 0.29) is 29.2 Å². The highest BCUT2D eigenvalue weighted by Crippen LogP contribution is 2.26. The van der Waals surface area contributed by atoms with Crippen molar-refractivity contribution in [1.82, 2.24) is 4.90 Å². The van der Waals surface area contributed by atoms with Gasteiger partial charge in [-0.05, 0) is 53.9 Å². The molecule has 0 unspecified atom stereocenters. The second kappa shape index (κ2) is 10.7. The Labute approximate surface area is 198 Å². The number of hydrogen-bond acceptors (Lipinski definition) is 6. The molecule has 34 heavy (non-hydrogen) atoms. The molecular formula is C25H28N4O5. The van der Waals surface area contributed by atoms with E-state index in [0.29, 0.717) is 24.3 Å². The third kappa shape index (κ3) is 6.00. The zero-order valence-corrected chi connectivity index (χ0v) is 19.6. The maximum atomic E-state index is 13.1. The molecule has 0 fully saturated rings. The summed E-state index contributed by atoms with van der Waals surface area (Å²) in [6, 6.07) is 14.2. The van der Waals surface area contributed by atoms with Gasteiger partial charge in [0.05, 0.1) is 11.2 Å². The molecule has 0 bridgehead atoms. The summed E-state index contributed by atoms with van der Waals surface area (Å²) in [5, 5.41) is 13.7. The Morgan fingerprint density at radius 3 is 2.35 bits per heavy atom. The van der Waals surface area contributed by atoms with E-state index in [0.717, 1.165) is 11.3 Å². The van der Waals surface area contributed by atoms with Crippen LogP contribution >= 0.6 is 0 Å². The molecule has 9 heteroatoms. The van der Waals surface area contributed by atoms with Crippen LogP contribution in [-0.4, -0.2) is 42.3 Å². The molecular weight excluding hydrogens is 436 g/mol. The highest BCUT2D eigenvalue weighted by atomic mass is 16.6. The van der Waals surface area contributed by atoms with Crippen molar-refractivity contribution in [2.45, 2.75) is 20.4 Å². The van der Waals surface area contributed by atoms with Crippen LogP contribution in [0.3, 0.4) is 0 Å². The molecule has 1 aromatic heterocycles. The minimum Gasteiger partial charge on any atom is -0.459 e. The summed E-state index contributed by atoms with van der Waals surface area (Å²) in [7, 11) is 3.82. The minimum atomic E-state index is -0.513. The van der Waals surface area contributed by atoms with Crippen molar-refractivity contribution >= 4 is 28.9 Å². The summed E-state index contributed by atoms with van der Waals surface area (Å²) in [5.41, 5.74) is 2.54. The first-order valence-electron chi connectivity index (χ1n) is 10.8. The standard InChI is InChI=1S/C25H28N4O5/c1-17(2)15-28(25(31)23-6-5-13-34-23)16-19-14-20(9-12-22(19)27(3)4)26-24(30)18-7-10-21(11-8-18)29(32)33/h5-14,17H,15-16H2,1-4H3,(H,26,30). The molecule has 0 saturated heterocycles. The molecule has 1 N–H and O–H groups in total. The predicted octanol–water partition coefficient (Wildman–Crippen LogP) is 4.80. The van der Waals surface area contributed by atoms with E-state index < -0.39 is 4.92 Å². The highest BCUT2D eigenvalue weighted by molar-refractivity contribution is 6.04. The third-order valence-corrected chi connectivity index (χ3v) is 5.13. The average Bonchev–Trinajstić information content (AvgIpc) is 3.33. The van der Waals surface area contributed by atoms with Crippen LogP contribution in [0.4, 0.5) is 17.1 Å². The smallest absolute Gasteiger partial charge is 0.289 e. The average molecular weight is 465 g/mol. The lowest BCUT2D eigenvalue weighted by Gasteiger charge is -2.27. The Kier molecular flexibility index (Phi) is 7.68. The number of nitrogens with zero attached hydrogens (tertiary/aromatic N) is 3. The number of nitrogens with one attached hydrogen (secondary N) is 1. The fourth-order valence-corrected chi connectivity index (χ4v) is 3.59. The number of rotatable bonds is 9. The van der Waals surface area contributed by atoms with Gasteiger partial charge in [-0.3, -0.25) is 19.7 Å². The van der Waals surface area contributed by atoms with Crippen molar-refractivity contribution in [3.63, 3.8) is 0 Å². The largest absolute Gasteiger partial charge is 0.459 e. The van der Waals surface area contributed by atoms with E-state index in [1.807, 2.05) is 45.0 Å². The topological polar surface area (TPSA) is 109 Å². The fourth-order valence-electron chi connectivity index (χ4n) is 3.59. The van der Waals surface area contributed by atoms with Gasteiger partial charge in [-0.15, -0.1) is 0 Å². The maximum absolute atomic E-state index is 13.1. The summed E-state index contributed by atoms with van der Waals surface area (Å²) in [4.78, 5) is 39.7. The van der Waals surface area contributed by atoms with Crippen LogP contribution in [0.2, 0.25) is 0 Å². The fraction of sp³-hybridized carbons (Fsp3) is 0.280. The Bertz CT molecular complexity index is 1150. The van der Waals surface area contributed by atoms with Crippen molar-refractivity contribution in [2.24, 2.45) is 5.92 Å². The third-order valence-electron chi connectivity index (χ3n) is 5.13. The van der Waals surface area contributed by atoms with Gasteiger partial charge in [0.1, 0.15) is 0 Å². The van der Waals surface area contributed by atoms with Crippen LogP contribution in [-0.2, 0) is 6.54 Å². The van der Waals surface area contributed by atoms with E-state index in [1.54, 1.807) is 23.1 Å². The van der Waals surface area contributed by atoms with Gasteiger partial charge in [0.15, 0.2) is 5.76 Å². The first-order chi connectivity index (χ1) is 16.2. The Morgan fingerprint density at radius 1 is 1.09 bits per heavy atom. The SMILES string of the molecule is CC(C)CN(Cc1cc(NC(=O)c2ccc([N+](=O)[O-])cc2)ccc1N(C)C)C(=O)c1ccco1. The molecule has 0 radical (unpaired) electrons. The monoisotopic (exact) mass is 464 g/mol. The van der Waals surface area contributed by atoms with Gasteiger partial charge in [0, 0.05) is 56.3 Å². The molecule has 2 amide bonds. The Morgan fingerprint density at radius 2 is 1.79 bits per heavy atom. The van der Waals surface area contributed by atoms with E-state index in [2.05, 4.69) is 5.32 Å². The molecule has 0 saturated carbocycles. The summed E-state index contributed by atoms with van der Waals surface area (Å²) >= 11 is 0. The summed E-state index contributed by atoms with van der Waals surface area (Å²) in [6.07, 6.45) is 1.47. The number of hydrogen-bond donors (Lipinski definition) is 1. The van der Waals surface area contributed by atoms with Crippen LogP contribution in [0.15, 0.2) is 65.3 Å². The second-order valence-corrected chi connectivity index (χ2v) is 8.55. The van der Waals surface area contributed by atoms with Crippen molar-refractivity contribution in [3.8, 4) is 0 Å². The number of carbonyl (C=O) groups is 2. The van der Waals surface area contributed by atoms with Gasteiger partial charge in [0.25, 0.3) is 17.5 Å². The second-order valence-electron chi connectivity index (χ2n) is 8.55. The van der Waals surface area contributed by atoms with Crippen LogP contribution in [0.25, 0.3) is 0 Å². The molecule has 0 aliphatic rings. The number of benzene rings is 2. The van der Waals surface area contributed by atoms with Gasteiger partial charge < -0.3 is 19.5 Å². The quantitative estimate of drug-likeness (QED) is 0.360. The Balaban J connectivity index is 1.86. The highest BCUT2D eigenvalue weighted by Gasteiger charge is 2.21. The molecule has 1 heterocycles. The number of amides is 2. The number of furan rings is 1. The summed E-state index contributed by atoms with van der Waals surface area (Å²) in [6.45, 7) is 4.94. The number of nitro groups is 1. The number of anilines is 2. The van der Waals surface area contributed by atoms with Gasteiger partial charge in [0.2, 0.25) is 0 Å². The van der Waals surface area contributed by atoms with Crippen molar-refractivity contribution in [2.75, 3.05) is 30.9 Å². The summed E-state index contributed by atoms with van der Waals surface area (Å²) in [5.74, 6) is -0.0747. The first-order valence-corrected chi connectivity index (χ1v) is 10.8. The van der Waals surface area contributed by atoms with Crippen LogP contribution in [0, 0.1) is 16.0 Å². The lowest BCUT2D eigenvalue weighted by Crippen LogP contribution is -2.34. The van der Waals surface area contributed by atoms with Gasteiger partial charge >= 0.3 is 0 Å². The van der Waals surface area contributed by atoms with Gasteiger partial charge in [-0.2, -0.15) is 0 Å². The van der Waals surface area contributed by atoms with E-state index >= 15 is 0 Å². The van der Waals surface area contributed by atoms with E-state index in [1.165, 1.54) is 30.5 Å².